The molecule has 0 aliphatic rings. The first-order valence-electron chi connectivity index (χ1n) is 6.61. The van der Waals surface area contributed by atoms with Crippen LogP contribution in [0.4, 0.5) is 0 Å². The highest BCUT2D eigenvalue weighted by molar-refractivity contribution is 9.10. The van der Waals surface area contributed by atoms with E-state index in [-0.39, 0.29) is 36.6 Å². The maximum absolute atomic E-state index is 12.1. The monoisotopic (exact) mass is 341 g/mol. The summed E-state index contributed by atoms with van der Waals surface area (Å²) in [5, 5.41) is 11.6. The van der Waals surface area contributed by atoms with Crippen molar-refractivity contribution in [2.24, 2.45) is 11.8 Å². The van der Waals surface area contributed by atoms with Gasteiger partial charge < -0.3 is 10.4 Å². The van der Waals surface area contributed by atoms with Crippen molar-refractivity contribution in [3.63, 3.8) is 0 Å². The Morgan fingerprint density at radius 2 is 2.05 bits per heavy atom. The first kappa shape index (κ1) is 16.9. The van der Waals surface area contributed by atoms with Gasteiger partial charge in [-0.05, 0) is 18.1 Å². The molecule has 2 atom stereocenters. The third-order valence-corrected chi connectivity index (χ3v) is 3.52. The molecule has 0 aliphatic heterocycles. The van der Waals surface area contributed by atoms with Crippen molar-refractivity contribution in [1.29, 1.82) is 0 Å². The maximum Gasteiger partial charge on any atom is 0.223 e. The van der Waals surface area contributed by atoms with Crippen molar-refractivity contribution < 1.29 is 14.7 Å². The molecule has 1 rings (SSSR count). The van der Waals surface area contributed by atoms with Crippen LogP contribution in [0, 0.1) is 11.8 Å². The molecule has 110 valence electrons. The number of rotatable bonds is 7. The predicted molar refractivity (Wildman–Crippen MR) is 81.5 cm³/mol. The van der Waals surface area contributed by atoms with Gasteiger partial charge in [-0.2, -0.15) is 0 Å². The summed E-state index contributed by atoms with van der Waals surface area (Å²) >= 11 is 3.32. The Labute approximate surface area is 127 Å². The Balaban J connectivity index is 2.51. The Morgan fingerprint density at radius 3 is 2.65 bits per heavy atom. The molecule has 20 heavy (non-hydrogen) atoms. The van der Waals surface area contributed by atoms with Crippen molar-refractivity contribution >= 4 is 27.6 Å². The molecule has 0 radical (unpaired) electrons. The molecule has 0 saturated carbocycles. The number of benzene rings is 1. The molecule has 0 saturated heterocycles. The van der Waals surface area contributed by atoms with Crippen molar-refractivity contribution in [3.05, 3.63) is 34.3 Å². The van der Waals surface area contributed by atoms with Crippen LogP contribution >= 0.6 is 15.9 Å². The standard InChI is InChI=1S/C15H20BrNO3/c1-10(9-18)8-17-15(20)11(2)6-14(19)12-4-3-5-13(16)7-12/h3-5,7,10-11,18H,6,8-9H2,1-2H3,(H,17,20). The average Bonchev–Trinajstić information content (AvgIpc) is 2.44. The third kappa shape index (κ3) is 5.43. The second-order valence-electron chi connectivity index (χ2n) is 5.07. The average molecular weight is 342 g/mol. The molecule has 0 heterocycles. The number of halogens is 1. The van der Waals surface area contributed by atoms with Crippen molar-refractivity contribution in [3.8, 4) is 0 Å². The van der Waals surface area contributed by atoms with E-state index >= 15 is 0 Å². The van der Waals surface area contributed by atoms with E-state index in [4.69, 9.17) is 5.11 Å². The molecule has 0 fully saturated rings. The van der Waals surface area contributed by atoms with Crippen molar-refractivity contribution in [2.75, 3.05) is 13.2 Å². The van der Waals surface area contributed by atoms with E-state index in [1.54, 1.807) is 25.1 Å². The number of ketones is 1. The van der Waals surface area contributed by atoms with Crippen LogP contribution in [0.3, 0.4) is 0 Å². The van der Waals surface area contributed by atoms with Crippen LogP contribution in [0.25, 0.3) is 0 Å². The van der Waals surface area contributed by atoms with Gasteiger partial charge in [-0.1, -0.05) is 41.9 Å². The Morgan fingerprint density at radius 1 is 1.35 bits per heavy atom. The van der Waals surface area contributed by atoms with E-state index in [0.717, 1.165) is 4.47 Å². The fourth-order valence-electron chi connectivity index (χ4n) is 1.66. The fraction of sp³-hybridized carbons (Fsp3) is 0.467. The molecular weight excluding hydrogens is 322 g/mol. The molecule has 0 aromatic heterocycles. The van der Waals surface area contributed by atoms with Gasteiger partial charge in [-0.25, -0.2) is 0 Å². The van der Waals surface area contributed by atoms with Gasteiger partial charge in [0.1, 0.15) is 0 Å². The molecular formula is C15H20BrNO3. The molecule has 5 heteroatoms. The molecule has 1 amide bonds. The van der Waals surface area contributed by atoms with E-state index < -0.39 is 0 Å². The highest BCUT2D eigenvalue weighted by Crippen LogP contribution is 2.15. The van der Waals surface area contributed by atoms with Crippen LogP contribution in [0.1, 0.15) is 30.6 Å². The van der Waals surface area contributed by atoms with Gasteiger partial charge in [0.15, 0.2) is 5.78 Å². The number of Topliss-reactive ketones (excluding diaryl/α,β-unsaturated/α-hetero) is 1. The summed E-state index contributed by atoms with van der Waals surface area (Å²) in [5.41, 5.74) is 0.600. The number of aliphatic hydroxyl groups excluding tert-OH is 1. The first-order chi connectivity index (χ1) is 9.43. The van der Waals surface area contributed by atoms with Gasteiger partial charge in [0.05, 0.1) is 0 Å². The van der Waals surface area contributed by atoms with E-state index in [2.05, 4.69) is 21.2 Å². The number of carbonyl (C=O) groups excluding carboxylic acids is 2. The minimum absolute atomic E-state index is 0.0203. The topological polar surface area (TPSA) is 66.4 Å². The third-order valence-electron chi connectivity index (χ3n) is 3.02. The van der Waals surface area contributed by atoms with Crippen molar-refractivity contribution in [1.82, 2.24) is 5.32 Å². The first-order valence-corrected chi connectivity index (χ1v) is 7.40. The number of amides is 1. The maximum atomic E-state index is 12.1. The zero-order valence-electron chi connectivity index (χ0n) is 11.7. The van der Waals surface area contributed by atoms with Crippen LogP contribution in [0.2, 0.25) is 0 Å². The number of nitrogens with one attached hydrogen (secondary N) is 1. The zero-order valence-corrected chi connectivity index (χ0v) is 13.3. The Bertz CT molecular complexity index is 476. The fourth-order valence-corrected chi connectivity index (χ4v) is 2.06. The normalized spacial score (nSPS) is 13.6. The van der Waals surface area contributed by atoms with Gasteiger partial charge in [0.2, 0.25) is 5.91 Å². The van der Waals surface area contributed by atoms with Gasteiger partial charge in [0.25, 0.3) is 0 Å². The summed E-state index contributed by atoms with van der Waals surface area (Å²) < 4.78 is 0.845. The summed E-state index contributed by atoms with van der Waals surface area (Å²) in [6, 6.07) is 7.14. The summed E-state index contributed by atoms with van der Waals surface area (Å²) in [6.07, 6.45) is 0.176. The SMILES string of the molecule is CC(CO)CNC(=O)C(C)CC(=O)c1cccc(Br)c1. The molecule has 1 aromatic carbocycles. The minimum Gasteiger partial charge on any atom is -0.396 e. The quantitative estimate of drug-likeness (QED) is 0.748. The highest BCUT2D eigenvalue weighted by Gasteiger charge is 2.18. The van der Waals surface area contributed by atoms with Crippen LogP contribution < -0.4 is 5.32 Å². The molecule has 0 aliphatic carbocycles. The smallest absolute Gasteiger partial charge is 0.223 e. The van der Waals surface area contributed by atoms with Crippen LogP contribution in [-0.2, 0) is 4.79 Å². The molecule has 0 bridgehead atoms. The van der Waals surface area contributed by atoms with Crippen LogP contribution in [-0.4, -0.2) is 29.9 Å². The van der Waals surface area contributed by atoms with E-state index in [1.165, 1.54) is 0 Å². The predicted octanol–water partition coefficient (Wildman–Crippen LogP) is 2.40. The second-order valence-corrected chi connectivity index (χ2v) is 5.99. The number of hydrogen-bond donors (Lipinski definition) is 2. The Hall–Kier alpha value is -1.20. The molecule has 0 spiro atoms. The molecule has 2 N–H and O–H groups in total. The summed E-state index contributed by atoms with van der Waals surface area (Å²) in [5.74, 6) is -0.572. The molecule has 1 aromatic rings. The minimum atomic E-state index is -0.382. The van der Waals surface area contributed by atoms with E-state index in [9.17, 15) is 9.59 Å². The van der Waals surface area contributed by atoms with Gasteiger partial charge in [-0.3, -0.25) is 9.59 Å². The number of carbonyl (C=O) groups is 2. The molecule has 4 nitrogen and oxygen atoms in total. The van der Waals surface area contributed by atoms with E-state index in [1.807, 2.05) is 13.0 Å². The van der Waals surface area contributed by atoms with Crippen LogP contribution in [0.15, 0.2) is 28.7 Å². The lowest BCUT2D eigenvalue weighted by Crippen LogP contribution is -2.34. The number of aliphatic hydroxyl groups is 1. The highest BCUT2D eigenvalue weighted by atomic mass is 79.9. The lowest BCUT2D eigenvalue weighted by molar-refractivity contribution is -0.124. The van der Waals surface area contributed by atoms with Crippen molar-refractivity contribution in [2.45, 2.75) is 20.3 Å². The van der Waals surface area contributed by atoms with Crippen LogP contribution in [0.5, 0.6) is 0 Å². The summed E-state index contributed by atoms with van der Waals surface area (Å²) in [7, 11) is 0. The second kappa shape index (κ2) is 8.17. The van der Waals surface area contributed by atoms with Gasteiger partial charge in [-0.15, -0.1) is 0 Å². The summed E-state index contributed by atoms with van der Waals surface area (Å²) in [6.45, 7) is 4.03. The zero-order chi connectivity index (χ0) is 15.1. The molecule has 2 unspecified atom stereocenters. The van der Waals surface area contributed by atoms with E-state index in [0.29, 0.717) is 12.1 Å². The number of hydrogen-bond acceptors (Lipinski definition) is 3. The lowest BCUT2D eigenvalue weighted by atomic mass is 9.99. The Kier molecular flexibility index (Phi) is 6.88. The largest absolute Gasteiger partial charge is 0.396 e. The lowest BCUT2D eigenvalue weighted by Gasteiger charge is -2.14. The van der Waals surface area contributed by atoms with Gasteiger partial charge in [0, 0.05) is 35.5 Å². The summed E-state index contributed by atoms with van der Waals surface area (Å²) in [4.78, 5) is 23.9. The van der Waals surface area contributed by atoms with Gasteiger partial charge >= 0.3 is 0 Å².